The van der Waals surface area contributed by atoms with Gasteiger partial charge in [-0.25, -0.2) is 4.98 Å². The van der Waals surface area contributed by atoms with E-state index in [1.54, 1.807) is 0 Å². The van der Waals surface area contributed by atoms with Crippen LogP contribution < -0.4 is 0 Å². The van der Waals surface area contributed by atoms with Crippen LogP contribution in [0.1, 0.15) is 22.6 Å². The number of aryl methyl sites for hydroxylation is 1. The third kappa shape index (κ3) is 4.57. The lowest BCUT2D eigenvalue weighted by atomic mass is 10.1. The fourth-order valence-electron chi connectivity index (χ4n) is 2.26. The lowest BCUT2D eigenvalue weighted by Gasteiger charge is -2.08. The van der Waals surface area contributed by atoms with Crippen molar-refractivity contribution in [2.24, 2.45) is 0 Å². The molecule has 0 radical (unpaired) electrons. The van der Waals surface area contributed by atoms with E-state index in [4.69, 9.17) is 4.74 Å². The van der Waals surface area contributed by atoms with Crippen LogP contribution in [-0.4, -0.2) is 11.0 Å². The van der Waals surface area contributed by atoms with Crippen molar-refractivity contribution in [2.75, 3.05) is 0 Å². The molecule has 25 heavy (non-hydrogen) atoms. The SMILES string of the molecule is O=C(CCc1nc2ccccc2s1)OCc1ccc(C(F)(F)F)cc1. The van der Waals surface area contributed by atoms with Crippen LogP contribution in [0.4, 0.5) is 13.2 Å². The third-order valence-corrected chi connectivity index (χ3v) is 4.66. The monoisotopic (exact) mass is 365 g/mol. The maximum Gasteiger partial charge on any atom is 0.416 e. The van der Waals surface area contributed by atoms with Gasteiger partial charge in [-0.3, -0.25) is 4.79 Å². The van der Waals surface area contributed by atoms with E-state index in [2.05, 4.69) is 4.98 Å². The fraction of sp³-hybridized carbons (Fsp3) is 0.222. The Balaban J connectivity index is 1.49. The smallest absolute Gasteiger partial charge is 0.416 e. The zero-order chi connectivity index (χ0) is 17.9. The van der Waals surface area contributed by atoms with Crippen LogP contribution in [0.3, 0.4) is 0 Å². The number of esters is 1. The first-order chi connectivity index (χ1) is 11.9. The predicted molar refractivity (Wildman–Crippen MR) is 89.2 cm³/mol. The lowest BCUT2D eigenvalue weighted by Crippen LogP contribution is -2.07. The van der Waals surface area contributed by atoms with Gasteiger partial charge in [0.2, 0.25) is 0 Å². The molecule has 0 atom stereocenters. The molecule has 0 aliphatic heterocycles. The maximum atomic E-state index is 12.5. The van der Waals surface area contributed by atoms with Crippen molar-refractivity contribution in [1.82, 2.24) is 4.98 Å². The van der Waals surface area contributed by atoms with Crippen molar-refractivity contribution >= 4 is 27.5 Å². The minimum absolute atomic E-state index is 0.0448. The number of nitrogens with zero attached hydrogens (tertiary/aromatic N) is 1. The zero-order valence-electron chi connectivity index (χ0n) is 13.0. The van der Waals surface area contributed by atoms with Gasteiger partial charge in [-0.2, -0.15) is 13.2 Å². The first kappa shape index (κ1) is 17.4. The molecule has 0 saturated heterocycles. The number of rotatable bonds is 5. The van der Waals surface area contributed by atoms with Gasteiger partial charge in [-0.15, -0.1) is 11.3 Å². The first-order valence-electron chi connectivity index (χ1n) is 7.58. The van der Waals surface area contributed by atoms with E-state index < -0.39 is 17.7 Å². The number of fused-ring (bicyclic) bond motifs is 1. The molecule has 1 heterocycles. The maximum absolute atomic E-state index is 12.5. The lowest BCUT2D eigenvalue weighted by molar-refractivity contribution is -0.145. The molecule has 0 spiro atoms. The van der Waals surface area contributed by atoms with E-state index in [9.17, 15) is 18.0 Å². The van der Waals surface area contributed by atoms with E-state index in [0.717, 1.165) is 27.4 Å². The van der Waals surface area contributed by atoms with E-state index >= 15 is 0 Å². The minimum Gasteiger partial charge on any atom is -0.461 e. The van der Waals surface area contributed by atoms with E-state index in [1.807, 2.05) is 24.3 Å². The number of hydrogen-bond acceptors (Lipinski definition) is 4. The Morgan fingerprint density at radius 2 is 1.80 bits per heavy atom. The van der Waals surface area contributed by atoms with E-state index in [-0.39, 0.29) is 13.0 Å². The Kier molecular flexibility index (Phi) is 5.03. The van der Waals surface area contributed by atoms with Crippen LogP contribution in [0.15, 0.2) is 48.5 Å². The average molecular weight is 365 g/mol. The molecule has 0 aliphatic carbocycles. The van der Waals surface area contributed by atoms with Gasteiger partial charge in [0.1, 0.15) is 6.61 Å². The van der Waals surface area contributed by atoms with Gasteiger partial charge >= 0.3 is 12.1 Å². The van der Waals surface area contributed by atoms with Crippen LogP contribution in [0.25, 0.3) is 10.2 Å². The van der Waals surface area contributed by atoms with Crippen molar-refractivity contribution in [2.45, 2.75) is 25.6 Å². The molecule has 3 aromatic rings. The van der Waals surface area contributed by atoms with E-state index in [0.29, 0.717) is 12.0 Å². The second-order valence-corrected chi connectivity index (χ2v) is 6.55. The van der Waals surface area contributed by atoms with Crippen molar-refractivity contribution in [3.05, 3.63) is 64.7 Å². The molecular weight excluding hydrogens is 351 g/mol. The summed E-state index contributed by atoms with van der Waals surface area (Å²) in [5, 5.41) is 0.854. The molecule has 0 aliphatic rings. The molecule has 2 aromatic carbocycles. The summed E-state index contributed by atoms with van der Waals surface area (Å²) in [5.74, 6) is -0.404. The van der Waals surface area contributed by atoms with Crippen molar-refractivity contribution in [3.63, 3.8) is 0 Å². The van der Waals surface area contributed by atoms with Gasteiger partial charge in [0.05, 0.1) is 27.2 Å². The molecule has 0 amide bonds. The summed E-state index contributed by atoms with van der Waals surface area (Å²) >= 11 is 1.53. The summed E-state index contributed by atoms with van der Waals surface area (Å²) in [6.07, 6.45) is -3.71. The number of thiazole rings is 1. The molecule has 3 rings (SSSR count). The largest absolute Gasteiger partial charge is 0.461 e. The molecule has 0 unspecified atom stereocenters. The first-order valence-corrected chi connectivity index (χ1v) is 8.40. The van der Waals surface area contributed by atoms with Crippen LogP contribution in [0, 0.1) is 0 Å². The molecule has 130 valence electrons. The number of aromatic nitrogens is 1. The number of carbonyl (C=O) groups excluding carboxylic acids is 1. The van der Waals surface area contributed by atoms with Gasteiger partial charge in [-0.05, 0) is 29.8 Å². The molecule has 3 nitrogen and oxygen atoms in total. The highest BCUT2D eigenvalue weighted by Crippen LogP contribution is 2.29. The molecule has 0 bridgehead atoms. The predicted octanol–water partition coefficient (Wildman–Crippen LogP) is 4.99. The van der Waals surface area contributed by atoms with Gasteiger partial charge in [0.25, 0.3) is 0 Å². The quantitative estimate of drug-likeness (QED) is 0.598. The Bertz CT molecular complexity index is 839. The highest BCUT2D eigenvalue weighted by atomic mass is 32.1. The van der Waals surface area contributed by atoms with Gasteiger partial charge in [-0.1, -0.05) is 24.3 Å². The Morgan fingerprint density at radius 3 is 2.48 bits per heavy atom. The summed E-state index contributed by atoms with van der Waals surface area (Å²) in [6, 6.07) is 12.3. The fourth-order valence-corrected chi connectivity index (χ4v) is 3.23. The summed E-state index contributed by atoms with van der Waals surface area (Å²) in [5.41, 5.74) is 0.695. The number of hydrogen-bond donors (Lipinski definition) is 0. The van der Waals surface area contributed by atoms with Crippen LogP contribution in [-0.2, 0) is 28.7 Å². The average Bonchev–Trinajstić information content (AvgIpc) is 3.00. The summed E-state index contributed by atoms with van der Waals surface area (Å²) in [6.45, 7) is -0.0448. The third-order valence-electron chi connectivity index (χ3n) is 3.56. The molecule has 7 heteroatoms. The van der Waals surface area contributed by atoms with Crippen LogP contribution in [0.2, 0.25) is 0 Å². The molecule has 0 saturated carbocycles. The van der Waals surface area contributed by atoms with Crippen molar-refractivity contribution < 1.29 is 22.7 Å². The van der Waals surface area contributed by atoms with Crippen LogP contribution in [0.5, 0.6) is 0 Å². The van der Waals surface area contributed by atoms with Gasteiger partial charge in [0.15, 0.2) is 0 Å². The van der Waals surface area contributed by atoms with Gasteiger partial charge in [0, 0.05) is 6.42 Å². The molecule has 1 aromatic heterocycles. The second-order valence-electron chi connectivity index (χ2n) is 5.43. The highest BCUT2D eigenvalue weighted by molar-refractivity contribution is 7.18. The molecule has 0 fully saturated rings. The van der Waals surface area contributed by atoms with Crippen LogP contribution >= 0.6 is 11.3 Å². The number of ether oxygens (including phenoxy) is 1. The molecular formula is C18H14F3NO2S. The van der Waals surface area contributed by atoms with Crippen molar-refractivity contribution in [3.8, 4) is 0 Å². The zero-order valence-corrected chi connectivity index (χ0v) is 13.9. The van der Waals surface area contributed by atoms with Gasteiger partial charge < -0.3 is 4.74 Å². The highest BCUT2D eigenvalue weighted by Gasteiger charge is 2.29. The topological polar surface area (TPSA) is 39.2 Å². The number of carbonyl (C=O) groups is 1. The standard InChI is InChI=1S/C18H14F3NO2S/c19-18(20,21)13-7-5-12(6-8-13)11-24-17(23)10-9-16-22-14-3-1-2-4-15(14)25-16/h1-8H,9-11H2. The number of alkyl halides is 3. The summed E-state index contributed by atoms with van der Waals surface area (Å²) in [7, 11) is 0. The minimum atomic E-state index is -4.37. The number of halogens is 3. The number of benzene rings is 2. The summed E-state index contributed by atoms with van der Waals surface area (Å²) in [4.78, 5) is 16.2. The number of para-hydroxylation sites is 1. The van der Waals surface area contributed by atoms with Crippen molar-refractivity contribution in [1.29, 1.82) is 0 Å². The Morgan fingerprint density at radius 1 is 1.08 bits per heavy atom. The van der Waals surface area contributed by atoms with E-state index in [1.165, 1.54) is 23.5 Å². The normalized spacial score (nSPS) is 11.6. The summed E-state index contributed by atoms with van der Waals surface area (Å²) < 4.78 is 43.6. The second kappa shape index (κ2) is 7.23. The molecule has 0 N–H and O–H groups in total. The Hall–Kier alpha value is -2.41. The Labute approximate surface area is 146 Å².